The van der Waals surface area contributed by atoms with Crippen LogP contribution in [0.4, 0.5) is 14.5 Å². The molecule has 0 aliphatic carbocycles. The van der Waals surface area contributed by atoms with Crippen molar-refractivity contribution in [3.05, 3.63) is 64.2 Å². The van der Waals surface area contributed by atoms with Gasteiger partial charge in [-0.25, -0.2) is 8.78 Å². The van der Waals surface area contributed by atoms with Crippen molar-refractivity contribution in [2.24, 2.45) is 0 Å². The second-order valence-corrected chi connectivity index (χ2v) is 4.47. The summed E-state index contributed by atoms with van der Waals surface area (Å²) < 4.78 is 26.3. The fraction of sp³-hybridized carbons (Fsp3) is 0.143. The van der Waals surface area contributed by atoms with Gasteiger partial charge in [0.15, 0.2) is 0 Å². The molecule has 0 spiro atoms. The Kier molecular flexibility index (Phi) is 3.82. The average molecular weight is 268 g/mol. The lowest BCUT2D eigenvalue weighted by atomic mass is 10.2. The Morgan fingerprint density at radius 1 is 1.06 bits per heavy atom. The van der Waals surface area contributed by atoms with Gasteiger partial charge in [-0.15, -0.1) is 0 Å². The van der Waals surface area contributed by atoms with Crippen LogP contribution in [0.1, 0.15) is 11.1 Å². The number of hydrogen-bond donors (Lipinski definition) is 1. The van der Waals surface area contributed by atoms with E-state index < -0.39 is 5.82 Å². The Bertz CT molecular complexity index is 518. The summed E-state index contributed by atoms with van der Waals surface area (Å²) in [5.41, 5.74) is 2.12. The van der Waals surface area contributed by atoms with Gasteiger partial charge in [-0.2, -0.15) is 0 Å². The lowest BCUT2D eigenvalue weighted by molar-refractivity contribution is 0.619. The molecule has 0 saturated heterocycles. The van der Waals surface area contributed by atoms with Crippen LogP contribution in [-0.2, 0) is 6.54 Å². The summed E-state index contributed by atoms with van der Waals surface area (Å²) in [5, 5.41) is 3.14. The van der Waals surface area contributed by atoms with E-state index in [4.69, 9.17) is 11.6 Å². The predicted molar refractivity (Wildman–Crippen MR) is 69.9 cm³/mol. The van der Waals surface area contributed by atoms with Crippen molar-refractivity contribution in [1.82, 2.24) is 0 Å². The highest BCUT2D eigenvalue weighted by atomic mass is 35.5. The number of nitrogens with one attached hydrogen (secondary N) is 1. The second-order valence-electron chi connectivity index (χ2n) is 4.07. The summed E-state index contributed by atoms with van der Waals surface area (Å²) in [6.07, 6.45) is 0. The van der Waals surface area contributed by atoms with Gasteiger partial charge >= 0.3 is 0 Å². The van der Waals surface area contributed by atoms with Gasteiger partial charge in [0.25, 0.3) is 0 Å². The molecule has 0 atom stereocenters. The maximum absolute atomic E-state index is 13.3. The molecule has 94 valence electrons. The Hall–Kier alpha value is -1.61. The number of hydrogen-bond acceptors (Lipinski definition) is 1. The van der Waals surface area contributed by atoms with Crippen LogP contribution in [0.5, 0.6) is 0 Å². The zero-order valence-corrected chi connectivity index (χ0v) is 10.6. The van der Waals surface area contributed by atoms with E-state index in [0.717, 1.165) is 5.56 Å². The molecule has 2 aromatic carbocycles. The van der Waals surface area contributed by atoms with Crippen LogP contribution in [0.2, 0.25) is 5.02 Å². The molecule has 0 amide bonds. The maximum Gasteiger partial charge on any atom is 0.141 e. The van der Waals surface area contributed by atoms with Crippen LogP contribution in [0.3, 0.4) is 0 Å². The molecule has 0 radical (unpaired) electrons. The molecule has 4 heteroatoms. The van der Waals surface area contributed by atoms with Gasteiger partial charge in [0.1, 0.15) is 11.6 Å². The van der Waals surface area contributed by atoms with Crippen molar-refractivity contribution in [3.63, 3.8) is 0 Å². The van der Waals surface area contributed by atoms with Crippen LogP contribution in [-0.4, -0.2) is 0 Å². The highest BCUT2D eigenvalue weighted by Gasteiger charge is 2.02. The topological polar surface area (TPSA) is 12.0 Å². The Balaban J connectivity index is 2.06. The van der Waals surface area contributed by atoms with Gasteiger partial charge in [-0.3, -0.25) is 0 Å². The van der Waals surface area contributed by atoms with E-state index >= 15 is 0 Å². The van der Waals surface area contributed by atoms with Gasteiger partial charge in [-0.1, -0.05) is 23.7 Å². The zero-order chi connectivity index (χ0) is 13.1. The normalized spacial score (nSPS) is 10.4. The van der Waals surface area contributed by atoms with Crippen LogP contribution in [0.15, 0.2) is 36.4 Å². The fourth-order valence-electron chi connectivity index (χ4n) is 1.56. The van der Waals surface area contributed by atoms with Gasteiger partial charge in [-0.05, 0) is 42.3 Å². The van der Waals surface area contributed by atoms with Gasteiger partial charge < -0.3 is 5.32 Å². The molecule has 0 fully saturated rings. The molecule has 0 saturated carbocycles. The summed E-state index contributed by atoms with van der Waals surface area (Å²) >= 11 is 5.68. The minimum Gasteiger partial charge on any atom is -0.381 e. The standard InChI is InChI=1S/C14H12ClF2N/c1-9-2-4-11(7-14(9)17)18-8-10-3-5-13(16)12(15)6-10/h2-7,18H,8H2,1H3. The Morgan fingerprint density at radius 2 is 1.83 bits per heavy atom. The van der Waals surface area contributed by atoms with E-state index in [0.29, 0.717) is 17.8 Å². The first kappa shape index (κ1) is 12.8. The SMILES string of the molecule is Cc1ccc(NCc2ccc(F)c(Cl)c2)cc1F. The zero-order valence-electron chi connectivity index (χ0n) is 9.81. The summed E-state index contributed by atoms with van der Waals surface area (Å²) in [6, 6.07) is 9.43. The van der Waals surface area contributed by atoms with Crippen molar-refractivity contribution < 1.29 is 8.78 Å². The average Bonchev–Trinajstić information content (AvgIpc) is 2.35. The molecule has 0 bridgehead atoms. The van der Waals surface area contributed by atoms with E-state index in [1.807, 2.05) is 0 Å². The molecule has 0 aliphatic heterocycles. The molecule has 0 unspecified atom stereocenters. The summed E-state index contributed by atoms with van der Waals surface area (Å²) in [4.78, 5) is 0. The summed E-state index contributed by atoms with van der Waals surface area (Å²) in [5.74, 6) is -0.695. The predicted octanol–water partition coefficient (Wildman–Crippen LogP) is 4.54. The number of anilines is 1. The van der Waals surface area contributed by atoms with Gasteiger partial charge in [0.05, 0.1) is 5.02 Å². The molecule has 0 aromatic heterocycles. The van der Waals surface area contributed by atoms with Gasteiger partial charge in [0, 0.05) is 12.2 Å². The van der Waals surface area contributed by atoms with Crippen LogP contribution in [0, 0.1) is 18.6 Å². The molecule has 1 nitrogen and oxygen atoms in total. The first-order valence-electron chi connectivity index (χ1n) is 5.50. The molecule has 18 heavy (non-hydrogen) atoms. The Morgan fingerprint density at radius 3 is 2.50 bits per heavy atom. The van der Waals surface area contributed by atoms with Crippen LogP contribution in [0.25, 0.3) is 0 Å². The molecule has 2 aromatic rings. The van der Waals surface area contributed by atoms with E-state index in [1.165, 1.54) is 12.1 Å². The Labute approximate surface area is 109 Å². The lowest BCUT2D eigenvalue weighted by Gasteiger charge is -2.08. The molecular weight excluding hydrogens is 256 g/mol. The number of aryl methyl sites for hydroxylation is 1. The minimum absolute atomic E-state index is 0.0874. The number of halogens is 3. The molecular formula is C14H12ClF2N. The number of rotatable bonds is 3. The third-order valence-electron chi connectivity index (χ3n) is 2.65. The third kappa shape index (κ3) is 2.99. The van der Waals surface area contributed by atoms with E-state index in [2.05, 4.69) is 5.32 Å². The van der Waals surface area contributed by atoms with Crippen molar-refractivity contribution in [3.8, 4) is 0 Å². The quantitative estimate of drug-likeness (QED) is 0.861. The van der Waals surface area contributed by atoms with Crippen molar-refractivity contribution >= 4 is 17.3 Å². The third-order valence-corrected chi connectivity index (χ3v) is 2.94. The monoisotopic (exact) mass is 267 g/mol. The summed E-state index contributed by atoms with van der Waals surface area (Å²) in [6.45, 7) is 2.17. The summed E-state index contributed by atoms with van der Waals surface area (Å²) in [7, 11) is 0. The minimum atomic E-state index is -0.443. The van der Waals surface area contributed by atoms with Gasteiger partial charge in [0.2, 0.25) is 0 Å². The second kappa shape index (κ2) is 5.36. The van der Waals surface area contributed by atoms with Crippen LogP contribution >= 0.6 is 11.6 Å². The number of benzene rings is 2. The van der Waals surface area contributed by atoms with Crippen LogP contribution < -0.4 is 5.32 Å². The van der Waals surface area contributed by atoms with E-state index in [1.54, 1.807) is 31.2 Å². The largest absolute Gasteiger partial charge is 0.381 e. The first-order chi connectivity index (χ1) is 8.56. The lowest BCUT2D eigenvalue weighted by Crippen LogP contribution is -2.00. The van der Waals surface area contributed by atoms with E-state index in [9.17, 15) is 8.78 Å². The van der Waals surface area contributed by atoms with Crippen molar-refractivity contribution in [2.45, 2.75) is 13.5 Å². The molecule has 0 aliphatic rings. The molecule has 2 rings (SSSR count). The first-order valence-corrected chi connectivity index (χ1v) is 5.88. The fourth-order valence-corrected chi connectivity index (χ4v) is 1.76. The van der Waals surface area contributed by atoms with E-state index in [-0.39, 0.29) is 10.8 Å². The smallest absolute Gasteiger partial charge is 0.141 e. The molecule has 1 N–H and O–H groups in total. The van der Waals surface area contributed by atoms with Crippen molar-refractivity contribution in [2.75, 3.05) is 5.32 Å². The van der Waals surface area contributed by atoms with Crippen molar-refractivity contribution in [1.29, 1.82) is 0 Å². The highest BCUT2D eigenvalue weighted by Crippen LogP contribution is 2.18. The molecule has 0 heterocycles. The highest BCUT2D eigenvalue weighted by molar-refractivity contribution is 6.30. The maximum atomic E-state index is 13.3.